The van der Waals surface area contributed by atoms with E-state index in [2.05, 4.69) is 20.3 Å². The number of pyridine rings is 1. The largest absolute Gasteiger partial charge is 0.378 e. The summed E-state index contributed by atoms with van der Waals surface area (Å²) in [6.45, 7) is 3.56. The number of likely N-dealkylation sites (N-methyl/N-ethyl adjacent to an activating group) is 1. The van der Waals surface area contributed by atoms with Crippen LogP contribution in [-0.4, -0.2) is 140 Å². The lowest BCUT2D eigenvalue weighted by Crippen LogP contribution is -2.70. The van der Waals surface area contributed by atoms with E-state index in [0.717, 1.165) is 18.6 Å². The van der Waals surface area contributed by atoms with E-state index in [1.807, 2.05) is 34.6 Å². The Labute approximate surface area is 347 Å². The molecule has 6 bridgehead atoms. The van der Waals surface area contributed by atoms with E-state index >= 15 is 8.78 Å². The zero-order valence-electron chi connectivity index (χ0n) is 33.9. The van der Waals surface area contributed by atoms with Gasteiger partial charge in [-0.15, -0.1) is 0 Å². The van der Waals surface area contributed by atoms with Crippen molar-refractivity contribution in [2.24, 2.45) is 0 Å². The number of anilines is 3. The lowest BCUT2D eigenvalue weighted by molar-refractivity contribution is -0.138. The lowest BCUT2D eigenvalue weighted by atomic mass is 9.88. The van der Waals surface area contributed by atoms with E-state index in [4.69, 9.17) is 24.4 Å². The Bertz CT molecular complexity index is 2720. The van der Waals surface area contributed by atoms with Gasteiger partial charge in [-0.3, -0.25) is 9.59 Å². The molecular weight excluding hydrogens is 794 g/mol. The Morgan fingerprint density at radius 2 is 1.74 bits per heavy atom. The van der Waals surface area contributed by atoms with Crippen molar-refractivity contribution in [1.29, 1.82) is 0 Å². The number of aryl methyl sites for hydroxylation is 1. The molecule has 61 heavy (non-hydrogen) atoms. The van der Waals surface area contributed by atoms with Gasteiger partial charge in [-0.2, -0.15) is 15.1 Å². The molecule has 0 aliphatic carbocycles. The standard InChI is InChI=1S/C42H43F3N12O4/c1-22-47-33-12-24(44)10-29-32-6-5-7-36(49-32)48-25-13-35(41(59)52(2)19-28(61-4)20-54(22)38(29)33)55(16-25)39-30-15-46-57(34-9-8-23(43)11-31(34)45)40(30)51-42(50-39)56-26-14-27(56)18-53(17-26)37(58)21-60-3/h5-12,15,25-28,35H,13-14,16-21H2,1-4H3,(H,48,49)/t25-,26?,27?,28-,35-/m0/s1. The summed E-state index contributed by atoms with van der Waals surface area (Å²) in [4.78, 5) is 54.9. The van der Waals surface area contributed by atoms with Gasteiger partial charge in [-0.05, 0) is 50.1 Å². The number of halogens is 3. The number of carbonyl (C=O) groups is 2. The molecule has 0 saturated carbocycles. The minimum atomic E-state index is -0.826. The van der Waals surface area contributed by atoms with Crippen molar-refractivity contribution in [1.82, 2.24) is 44.1 Å². The van der Waals surface area contributed by atoms with Gasteiger partial charge < -0.3 is 39.0 Å². The number of piperazine rings is 1. The summed E-state index contributed by atoms with van der Waals surface area (Å²) >= 11 is 0. The fraction of sp³-hybridized carbons (Fsp3) is 0.405. The third-order valence-corrected chi connectivity index (χ3v) is 12.4. The molecule has 1 N–H and O–H groups in total. The van der Waals surface area contributed by atoms with E-state index in [1.165, 1.54) is 36.2 Å². The normalized spacial score (nSPS) is 22.7. The molecule has 4 fully saturated rings. The van der Waals surface area contributed by atoms with Crippen LogP contribution in [-0.2, 0) is 25.6 Å². The van der Waals surface area contributed by atoms with Gasteiger partial charge >= 0.3 is 0 Å². The van der Waals surface area contributed by atoms with Gasteiger partial charge in [-0.1, -0.05) is 6.07 Å². The smallest absolute Gasteiger partial charge is 0.248 e. The number of hydrogen-bond acceptors (Lipinski definition) is 12. The summed E-state index contributed by atoms with van der Waals surface area (Å²) in [6, 6.07) is 10.4. The zero-order chi connectivity index (χ0) is 42.3. The number of aromatic nitrogens is 7. The van der Waals surface area contributed by atoms with Gasteiger partial charge in [0, 0.05) is 71.2 Å². The summed E-state index contributed by atoms with van der Waals surface area (Å²) < 4.78 is 59.1. The third-order valence-electron chi connectivity index (χ3n) is 12.4. The molecule has 19 heteroatoms. The van der Waals surface area contributed by atoms with Crippen molar-refractivity contribution in [3.05, 3.63) is 78.0 Å². The molecule has 11 rings (SSSR count). The van der Waals surface area contributed by atoms with Crippen LogP contribution in [0.3, 0.4) is 0 Å². The third kappa shape index (κ3) is 6.66. The maximum absolute atomic E-state index is 15.4. The van der Waals surface area contributed by atoms with Crippen molar-refractivity contribution < 1.29 is 32.2 Å². The number of fused-ring (bicyclic) bond motifs is 8. The molecule has 2 amide bonds. The highest BCUT2D eigenvalue weighted by Gasteiger charge is 2.48. The predicted molar refractivity (Wildman–Crippen MR) is 219 cm³/mol. The first-order chi connectivity index (χ1) is 29.5. The van der Waals surface area contributed by atoms with Gasteiger partial charge in [0.2, 0.25) is 17.8 Å². The van der Waals surface area contributed by atoms with Crippen LogP contribution < -0.4 is 15.1 Å². The summed E-state index contributed by atoms with van der Waals surface area (Å²) in [7, 11) is 4.82. The molecule has 0 spiro atoms. The highest BCUT2D eigenvalue weighted by Crippen LogP contribution is 2.40. The van der Waals surface area contributed by atoms with Gasteiger partial charge in [0.15, 0.2) is 11.5 Å². The summed E-state index contributed by atoms with van der Waals surface area (Å²) in [6.07, 6.45) is 2.23. The first-order valence-corrected chi connectivity index (χ1v) is 20.2. The Morgan fingerprint density at radius 1 is 0.918 bits per heavy atom. The predicted octanol–water partition coefficient (Wildman–Crippen LogP) is 3.94. The highest BCUT2D eigenvalue weighted by molar-refractivity contribution is 5.94. The first-order valence-electron chi connectivity index (χ1n) is 20.2. The molecule has 6 aromatic rings. The second kappa shape index (κ2) is 15.0. The Hall–Kier alpha value is -6.34. The molecule has 5 aliphatic rings. The molecule has 4 aromatic heterocycles. The molecule has 0 radical (unpaired) electrons. The van der Waals surface area contributed by atoms with Crippen molar-refractivity contribution in [2.75, 3.05) is 69.2 Å². The highest BCUT2D eigenvalue weighted by atomic mass is 19.1. The van der Waals surface area contributed by atoms with E-state index in [1.54, 1.807) is 24.0 Å². The first kappa shape index (κ1) is 38.8. The fourth-order valence-electron chi connectivity index (χ4n) is 9.51. The number of imidazole rings is 1. The molecule has 4 saturated heterocycles. The number of piperidine rings is 1. The molecule has 2 unspecified atom stereocenters. The maximum Gasteiger partial charge on any atom is 0.248 e. The molecule has 5 aliphatic heterocycles. The van der Waals surface area contributed by atoms with Crippen LogP contribution in [0.2, 0.25) is 0 Å². The summed E-state index contributed by atoms with van der Waals surface area (Å²) in [5.74, 6) is -0.346. The lowest BCUT2D eigenvalue weighted by Gasteiger charge is -2.56. The van der Waals surface area contributed by atoms with Crippen LogP contribution in [0.4, 0.5) is 30.8 Å². The van der Waals surface area contributed by atoms with Crippen molar-refractivity contribution in [3.63, 3.8) is 0 Å². The Kier molecular flexibility index (Phi) is 9.54. The van der Waals surface area contributed by atoms with Crippen LogP contribution in [0.25, 0.3) is 39.0 Å². The van der Waals surface area contributed by atoms with Crippen molar-refractivity contribution >= 4 is 51.5 Å². The van der Waals surface area contributed by atoms with Gasteiger partial charge in [0.05, 0.1) is 53.0 Å². The van der Waals surface area contributed by atoms with E-state index in [0.29, 0.717) is 83.7 Å². The number of amides is 2. The Morgan fingerprint density at radius 3 is 2.51 bits per heavy atom. The van der Waals surface area contributed by atoms with Crippen LogP contribution >= 0.6 is 0 Å². The summed E-state index contributed by atoms with van der Waals surface area (Å²) in [5.41, 5.74) is 2.59. The quantitative estimate of drug-likeness (QED) is 0.259. The minimum Gasteiger partial charge on any atom is -0.378 e. The second-order valence-electron chi connectivity index (χ2n) is 16.2. The number of rotatable bonds is 6. The van der Waals surface area contributed by atoms with Gasteiger partial charge in [-0.25, -0.2) is 27.8 Å². The molecular formula is C42H43F3N12O4. The fourth-order valence-corrected chi connectivity index (χ4v) is 9.51. The molecule has 5 atom stereocenters. The van der Waals surface area contributed by atoms with Crippen LogP contribution in [0.1, 0.15) is 18.7 Å². The second-order valence-corrected chi connectivity index (χ2v) is 16.2. The summed E-state index contributed by atoms with van der Waals surface area (Å²) in [5, 5.41) is 8.56. The molecule has 2 aromatic carbocycles. The van der Waals surface area contributed by atoms with Gasteiger partial charge in [0.25, 0.3) is 0 Å². The monoisotopic (exact) mass is 836 g/mol. The Balaban J connectivity index is 1.08. The number of hydrogen-bond donors (Lipinski definition) is 1. The van der Waals surface area contributed by atoms with Crippen molar-refractivity contribution in [2.45, 2.75) is 56.6 Å². The SMILES string of the molecule is COCC(=O)N1CC2CC(C1)N2c1nc(N2C[C@@H]3C[C@H]2C(=O)N(C)C[C@H](OC)Cn2c(C)nc4cc(F)cc(c42)-c2cccc(n2)N3)c2cnn(-c3ccc(F)cc3F)c2n1. The number of carbonyl (C=O) groups excluding carboxylic acids is 2. The van der Waals surface area contributed by atoms with E-state index in [-0.39, 0.29) is 54.4 Å². The average Bonchev–Trinajstić information content (AvgIpc) is 3.94. The number of nitrogens with zero attached hydrogens (tertiary/aromatic N) is 11. The van der Waals surface area contributed by atoms with Crippen LogP contribution in [0, 0.1) is 24.4 Å². The topological polar surface area (TPSA) is 152 Å². The number of benzene rings is 2. The molecule has 9 heterocycles. The van der Waals surface area contributed by atoms with E-state index < -0.39 is 29.6 Å². The minimum absolute atomic E-state index is 0.00895. The molecule has 316 valence electrons. The average molecular weight is 837 g/mol. The number of nitrogens with one attached hydrogen (secondary N) is 1. The number of methoxy groups -OCH3 is 2. The maximum atomic E-state index is 15.4. The zero-order valence-corrected chi connectivity index (χ0v) is 33.9. The molecule has 16 nitrogen and oxygen atoms in total. The van der Waals surface area contributed by atoms with Crippen LogP contribution in [0.15, 0.2) is 54.7 Å². The number of ether oxygens (including phenoxy) is 2. The van der Waals surface area contributed by atoms with Crippen LogP contribution in [0.5, 0.6) is 0 Å². The van der Waals surface area contributed by atoms with Crippen molar-refractivity contribution in [3.8, 4) is 16.9 Å². The van der Waals surface area contributed by atoms with E-state index in [9.17, 15) is 14.0 Å². The van der Waals surface area contributed by atoms with Gasteiger partial charge in [0.1, 0.15) is 47.4 Å².